The Morgan fingerprint density at radius 3 is 2.29 bits per heavy atom. The van der Waals surface area contributed by atoms with Crippen LogP contribution in [-0.4, -0.2) is 30.6 Å². The quantitative estimate of drug-likeness (QED) is 0.890. The number of hydrogen-bond acceptors (Lipinski definition) is 2. The zero-order chi connectivity index (χ0) is 14.2. The Balaban J connectivity index is 1.24. The van der Waals surface area contributed by atoms with E-state index < -0.39 is 0 Å². The van der Waals surface area contributed by atoms with Crippen molar-refractivity contribution >= 4 is 0 Å². The van der Waals surface area contributed by atoms with Crippen LogP contribution in [0.25, 0.3) is 0 Å². The molecule has 0 aromatic heterocycles. The molecule has 2 saturated heterocycles. The van der Waals surface area contributed by atoms with Gasteiger partial charge in [-0.05, 0) is 75.1 Å². The van der Waals surface area contributed by atoms with E-state index in [4.69, 9.17) is 0 Å². The molecular formula is C19H28N2. The lowest BCUT2D eigenvalue weighted by Crippen LogP contribution is -2.42. The maximum absolute atomic E-state index is 3.70. The second kappa shape index (κ2) is 5.73. The van der Waals surface area contributed by atoms with Crippen LogP contribution in [0, 0.1) is 5.92 Å². The molecule has 2 heteroatoms. The lowest BCUT2D eigenvalue weighted by Gasteiger charge is -2.36. The maximum Gasteiger partial charge on any atom is 0.0205 e. The molecule has 0 radical (unpaired) electrons. The summed E-state index contributed by atoms with van der Waals surface area (Å²) in [6.07, 6.45) is 8.47. The fourth-order valence-electron chi connectivity index (χ4n) is 4.44. The lowest BCUT2D eigenvalue weighted by atomic mass is 9.91. The molecule has 2 aliphatic heterocycles. The third-order valence-electron chi connectivity index (χ3n) is 5.99. The molecule has 2 atom stereocenters. The van der Waals surface area contributed by atoms with Gasteiger partial charge in [0.15, 0.2) is 0 Å². The van der Waals surface area contributed by atoms with Crippen molar-refractivity contribution < 1.29 is 0 Å². The monoisotopic (exact) mass is 284 g/mol. The van der Waals surface area contributed by atoms with Crippen LogP contribution < -0.4 is 5.32 Å². The molecule has 21 heavy (non-hydrogen) atoms. The van der Waals surface area contributed by atoms with Crippen molar-refractivity contribution in [3.8, 4) is 0 Å². The first-order valence-electron chi connectivity index (χ1n) is 8.81. The van der Waals surface area contributed by atoms with Crippen molar-refractivity contribution in [1.29, 1.82) is 0 Å². The molecule has 3 aliphatic rings. The molecule has 1 N–H and O–H groups in total. The fourth-order valence-corrected chi connectivity index (χ4v) is 4.44. The van der Waals surface area contributed by atoms with Gasteiger partial charge < -0.3 is 10.2 Å². The van der Waals surface area contributed by atoms with Gasteiger partial charge in [-0.1, -0.05) is 24.3 Å². The first-order valence-corrected chi connectivity index (χ1v) is 8.81. The van der Waals surface area contributed by atoms with Crippen LogP contribution in [0.2, 0.25) is 0 Å². The molecule has 1 aromatic carbocycles. The van der Waals surface area contributed by atoms with Gasteiger partial charge in [-0.2, -0.15) is 0 Å². The average Bonchev–Trinajstić information content (AvgIpc) is 3.31. The van der Waals surface area contributed by atoms with Crippen LogP contribution >= 0.6 is 0 Å². The van der Waals surface area contributed by atoms with Crippen LogP contribution in [0.4, 0.5) is 0 Å². The summed E-state index contributed by atoms with van der Waals surface area (Å²) >= 11 is 0. The highest BCUT2D eigenvalue weighted by atomic mass is 15.2. The molecule has 0 spiro atoms. The van der Waals surface area contributed by atoms with E-state index in [1.165, 1.54) is 50.6 Å². The number of nitrogens with one attached hydrogen (secondary N) is 1. The largest absolute Gasteiger partial charge is 0.312 e. The van der Waals surface area contributed by atoms with E-state index in [0.717, 1.165) is 30.5 Å². The third kappa shape index (κ3) is 3.02. The molecular weight excluding hydrogens is 256 g/mol. The zero-order valence-electron chi connectivity index (χ0n) is 13.2. The normalized spacial score (nSPS) is 32.5. The minimum atomic E-state index is 0.869. The Morgan fingerprint density at radius 1 is 1.00 bits per heavy atom. The summed E-state index contributed by atoms with van der Waals surface area (Å²) in [7, 11) is 2.33. The highest BCUT2D eigenvalue weighted by Gasteiger charge is 2.37. The smallest absolute Gasteiger partial charge is 0.0205 e. The van der Waals surface area contributed by atoms with Gasteiger partial charge in [0, 0.05) is 18.6 Å². The van der Waals surface area contributed by atoms with Gasteiger partial charge in [0.1, 0.15) is 0 Å². The molecule has 0 amide bonds. The van der Waals surface area contributed by atoms with Crippen molar-refractivity contribution in [1.82, 2.24) is 10.2 Å². The predicted molar refractivity (Wildman–Crippen MR) is 87.4 cm³/mol. The molecule has 2 unspecified atom stereocenters. The van der Waals surface area contributed by atoms with E-state index in [9.17, 15) is 0 Å². The van der Waals surface area contributed by atoms with Gasteiger partial charge >= 0.3 is 0 Å². The number of hydrogen-bond donors (Lipinski definition) is 1. The van der Waals surface area contributed by atoms with Crippen molar-refractivity contribution in [2.24, 2.45) is 5.92 Å². The SMILES string of the molecule is CN1C2CCC1CC(CNCc1ccc(C3CC3)cc1)C2. The van der Waals surface area contributed by atoms with Crippen LogP contribution in [-0.2, 0) is 6.54 Å². The summed E-state index contributed by atoms with van der Waals surface area (Å²) in [6.45, 7) is 2.23. The molecule has 2 bridgehead atoms. The van der Waals surface area contributed by atoms with Gasteiger partial charge in [0.05, 0.1) is 0 Å². The number of fused-ring (bicyclic) bond motifs is 2. The number of piperidine rings is 1. The summed E-state index contributed by atoms with van der Waals surface area (Å²) in [5.74, 6) is 1.77. The highest BCUT2D eigenvalue weighted by Crippen LogP contribution is 2.40. The predicted octanol–water partition coefficient (Wildman–Crippen LogP) is 3.53. The van der Waals surface area contributed by atoms with Crippen molar-refractivity contribution in [3.05, 3.63) is 35.4 Å². The van der Waals surface area contributed by atoms with E-state index in [1.54, 1.807) is 5.56 Å². The second-order valence-corrected chi connectivity index (χ2v) is 7.53. The summed E-state index contributed by atoms with van der Waals surface area (Å²) < 4.78 is 0. The third-order valence-corrected chi connectivity index (χ3v) is 5.99. The second-order valence-electron chi connectivity index (χ2n) is 7.53. The molecule has 1 aliphatic carbocycles. The van der Waals surface area contributed by atoms with Crippen molar-refractivity contribution in [3.63, 3.8) is 0 Å². The molecule has 2 nitrogen and oxygen atoms in total. The summed E-state index contributed by atoms with van der Waals surface area (Å²) in [6, 6.07) is 11.1. The Kier molecular flexibility index (Phi) is 3.76. The summed E-state index contributed by atoms with van der Waals surface area (Å²) in [5, 5.41) is 3.70. The fraction of sp³-hybridized carbons (Fsp3) is 0.684. The van der Waals surface area contributed by atoms with Crippen LogP contribution in [0.5, 0.6) is 0 Å². The highest BCUT2D eigenvalue weighted by molar-refractivity contribution is 5.27. The minimum Gasteiger partial charge on any atom is -0.312 e. The van der Waals surface area contributed by atoms with Crippen LogP contribution in [0.15, 0.2) is 24.3 Å². The maximum atomic E-state index is 3.70. The Labute approximate surface area is 128 Å². The average molecular weight is 284 g/mol. The topological polar surface area (TPSA) is 15.3 Å². The van der Waals surface area contributed by atoms with E-state index in [-0.39, 0.29) is 0 Å². The molecule has 4 rings (SSSR count). The number of nitrogens with zero attached hydrogens (tertiary/aromatic N) is 1. The molecule has 1 saturated carbocycles. The first kappa shape index (κ1) is 13.8. The molecule has 114 valence electrons. The zero-order valence-corrected chi connectivity index (χ0v) is 13.2. The molecule has 3 fully saturated rings. The summed E-state index contributed by atoms with van der Waals surface area (Å²) in [5.41, 5.74) is 2.99. The van der Waals surface area contributed by atoms with Crippen LogP contribution in [0.1, 0.15) is 55.6 Å². The number of benzene rings is 1. The van der Waals surface area contributed by atoms with Crippen molar-refractivity contribution in [2.45, 2.75) is 63.1 Å². The number of rotatable bonds is 5. The standard InChI is InChI=1S/C19H28N2/c1-21-18-8-9-19(21)11-15(10-18)13-20-12-14-2-4-16(5-3-14)17-6-7-17/h2-5,15,17-20H,6-13H2,1H3. The molecule has 1 aromatic rings. The van der Waals surface area contributed by atoms with E-state index in [0.29, 0.717) is 0 Å². The van der Waals surface area contributed by atoms with Gasteiger partial charge in [0.25, 0.3) is 0 Å². The van der Waals surface area contributed by atoms with E-state index in [1.807, 2.05) is 0 Å². The Bertz CT molecular complexity index is 463. The van der Waals surface area contributed by atoms with Crippen molar-refractivity contribution in [2.75, 3.05) is 13.6 Å². The van der Waals surface area contributed by atoms with Crippen LogP contribution in [0.3, 0.4) is 0 Å². The summed E-state index contributed by atoms with van der Waals surface area (Å²) in [4.78, 5) is 2.63. The Morgan fingerprint density at radius 2 is 1.67 bits per heavy atom. The minimum absolute atomic E-state index is 0.869. The van der Waals surface area contributed by atoms with Gasteiger partial charge in [-0.15, -0.1) is 0 Å². The lowest BCUT2D eigenvalue weighted by molar-refractivity contribution is 0.133. The Hall–Kier alpha value is -0.860. The van der Waals surface area contributed by atoms with E-state index >= 15 is 0 Å². The van der Waals surface area contributed by atoms with E-state index in [2.05, 4.69) is 41.5 Å². The first-order chi connectivity index (χ1) is 10.3. The molecule has 2 heterocycles. The van der Waals surface area contributed by atoms with Gasteiger partial charge in [0.2, 0.25) is 0 Å². The van der Waals surface area contributed by atoms with Gasteiger partial charge in [-0.3, -0.25) is 0 Å². The van der Waals surface area contributed by atoms with Gasteiger partial charge in [-0.25, -0.2) is 0 Å².